The van der Waals surface area contributed by atoms with Crippen molar-refractivity contribution in [1.29, 1.82) is 0 Å². The minimum Gasteiger partial charge on any atom is -0.496 e. The number of nitrogens with zero attached hydrogens (tertiary/aromatic N) is 2. The highest BCUT2D eigenvalue weighted by atomic mass is 16.5. The molecule has 0 bridgehead atoms. The van der Waals surface area contributed by atoms with Gasteiger partial charge >= 0.3 is 0 Å². The molecule has 2 N–H and O–H groups in total. The molecular weight excluding hydrogens is 256 g/mol. The monoisotopic (exact) mass is 274 g/mol. The third kappa shape index (κ3) is 2.96. The van der Waals surface area contributed by atoms with E-state index in [0.717, 1.165) is 11.3 Å². The topological polar surface area (TPSA) is 79.9 Å². The lowest BCUT2D eigenvalue weighted by molar-refractivity contribution is 0.101. The van der Waals surface area contributed by atoms with E-state index in [-0.39, 0.29) is 17.6 Å². The Morgan fingerprint density at radius 3 is 2.70 bits per heavy atom. The first-order chi connectivity index (χ1) is 9.51. The maximum atomic E-state index is 12.0. The van der Waals surface area contributed by atoms with Crippen molar-refractivity contribution in [3.05, 3.63) is 35.4 Å². The van der Waals surface area contributed by atoms with E-state index in [0.29, 0.717) is 11.5 Å². The summed E-state index contributed by atoms with van der Waals surface area (Å²) in [5.74, 6) is 1.48. The van der Waals surface area contributed by atoms with Gasteiger partial charge in [0.2, 0.25) is 5.82 Å². The number of aromatic amines is 1. The Morgan fingerprint density at radius 1 is 1.40 bits per heavy atom. The Bertz CT molecular complexity index is 619. The van der Waals surface area contributed by atoms with Gasteiger partial charge in [-0.15, -0.1) is 5.10 Å². The molecule has 1 amide bonds. The standard InChI is InChI=1S/C14H18N4O2/c1-8(2)12-16-13(18-17-12)14(19)15-10-5-6-11(20-4)9(3)7-10/h5-8H,1-4H3,(H,15,19)(H,16,17,18). The minimum absolute atomic E-state index is 0.141. The number of nitrogens with one attached hydrogen (secondary N) is 2. The molecule has 2 aromatic rings. The van der Waals surface area contributed by atoms with Gasteiger partial charge in [0, 0.05) is 11.6 Å². The van der Waals surface area contributed by atoms with Gasteiger partial charge in [-0.25, -0.2) is 4.98 Å². The van der Waals surface area contributed by atoms with E-state index >= 15 is 0 Å². The molecule has 0 fully saturated rings. The van der Waals surface area contributed by atoms with Gasteiger partial charge in [0.25, 0.3) is 5.91 Å². The molecule has 0 aliphatic carbocycles. The Morgan fingerprint density at radius 2 is 2.15 bits per heavy atom. The first-order valence-corrected chi connectivity index (χ1v) is 6.39. The normalized spacial score (nSPS) is 10.7. The predicted molar refractivity (Wildman–Crippen MR) is 76.2 cm³/mol. The summed E-state index contributed by atoms with van der Waals surface area (Å²) in [6, 6.07) is 5.43. The largest absolute Gasteiger partial charge is 0.496 e. The van der Waals surface area contributed by atoms with Crippen LogP contribution in [0.3, 0.4) is 0 Å². The molecule has 1 heterocycles. The number of H-pyrrole nitrogens is 1. The number of hydrogen-bond acceptors (Lipinski definition) is 4. The molecule has 2 rings (SSSR count). The van der Waals surface area contributed by atoms with Crippen LogP contribution in [0.4, 0.5) is 5.69 Å². The summed E-state index contributed by atoms with van der Waals surface area (Å²) < 4.78 is 5.18. The van der Waals surface area contributed by atoms with Crippen molar-refractivity contribution in [2.75, 3.05) is 12.4 Å². The van der Waals surface area contributed by atoms with Gasteiger partial charge in [0.15, 0.2) is 0 Å². The lowest BCUT2D eigenvalue weighted by Gasteiger charge is -2.07. The van der Waals surface area contributed by atoms with Crippen LogP contribution in [0.1, 0.15) is 41.8 Å². The Labute approximate surface area is 117 Å². The molecule has 0 spiro atoms. The molecule has 6 nitrogen and oxygen atoms in total. The van der Waals surface area contributed by atoms with E-state index in [2.05, 4.69) is 20.5 Å². The number of rotatable bonds is 4. The summed E-state index contributed by atoms with van der Waals surface area (Å²) in [6.45, 7) is 5.88. The fraction of sp³-hybridized carbons (Fsp3) is 0.357. The zero-order valence-corrected chi connectivity index (χ0v) is 12.0. The van der Waals surface area contributed by atoms with Gasteiger partial charge in [-0.1, -0.05) is 13.8 Å². The van der Waals surface area contributed by atoms with Crippen molar-refractivity contribution in [3.63, 3.8) is 0 Å². The summed E-state index contributed by atoms with van der Waals surface area (Å²) in [5.41, 5.74) is 1.63. The van der Waals surface area contributed by atoms with E-state index in [4.69, 9.17) is 4.74 Å². The highest BCUT2D eigenvalue weighted by molar-refractivity contribution is 6.01. The van der Waals surface area contributed by atoms with E-state index in [1.807, 2.05) is 32.9 Å². The van der Waals surface area contributed by atoms with E-state index < -0.39 is 0 Å². The van der Waals surface area contributed by atoms with Crippen molar-refractivity contribution < 1.29 is 9.53 Å². The van der Waals surface area contributed by atoms with Crippen LogP contribution in [0.15, 0.2) is 18.2 Å². The highest BCUT2D eigenvalue weighted by Gasteiger charge is 2.14. The maximum Gasteiger partial charge on any atom is 0.295 e. The summed E-state index contributed by atoms with van der Waals surface area (Å²) in [6.07, 6.45) is 0. The number of amides is 1. The fourth-order valence-corrected chi connectivity index (χ4v) is 1.78. The van der Waals surface area contributed by atoms with Gasteiger partial charge in [-0.2, -0.15) is 0 Å². The molecule has 0 atom stereocenters. The van der Waals surface area contributed by atoms with Gasteiger partial charge in [-0.05, 0) is 30.7 Å². The van der Waals surface area contributed by atoms with Gasteiger partial charge in [0.05, 0.1) is 7.11 Å². The number of aromatic nitrogens is 3. The first-order valence-electron chi connectivity index (χ1n) is 6.39. The number of anilines is 1. The van der Waals surface area contributed by atoms with Gasteiger partial charge in [-0.3, -0.25) is 9.89 Å². The molecule has 6 heteroatoms. The van der Waals surface area contributed by atoms with Gasteiger partial charge in [0.1, 0.15) is 11.6 Å². The molecule has 0 saturated carbocycles. The van der Waals surface area contributed by atoms with Crippen molar-refractivity contribution in [3.8, 4) is 5.75 Å². The number of carbonyl (C=O) groups is 1. The third-order valence-corrected chi connectivity index (χ3v) is 2.91. The first kappa shape index (κ1) is 14.0. The quantitative estimate of drug-likeness (QED) is 0.897. The number of aryl methyl sites for hydroxylation is 1. The zero-order valence-electron chi connectivity index (χ0n) is 12.0. The number of ether oxygens (including phenoxy) is 1. The zero-order chi connectivity index (χ0) is 14.7. The molecule has 20 heavy (non-hydrogen) atoms. The Balaban J connectivity index is 2.12. The van der Waals surface area contributed by atoms with Crippen molar-refractivity contribution >= 4 is 11.6 Å². The van der Waals surface area contributed by atoms with Crippen LogP contribution in [0, 0.1) is 6.92 Å². The van der Waals surface area contributed by atoms with Crippen LogP contribution in [0.5, 0.6) is 5.75 Å². The second-order valence-corrected chi connectivity index (χ2v) is 4.84. The summed E-state index contributed by atoms with van der Waals surface area (Å²) >= 11 is 0. The average Bonchev–Trinajstić information content (AvgIpc) is 2.88. The minimum atomic E-state index is -0.335. The van der Waals surface area contributed by atoms with Crippen LogP contribution in [-0.4, -0.2) is 28.2 Å². The van der Waals surface area contributed by atoms with E-state index in [1.54, 1.807) is 13.2 Å². The molecule has 0 unspecified atom stereocenters. The van der Waals surface area contributed by atoms with E-state index in [9.17, 15) is 4.79 Å². The van der Waals surface area contributed by atoms with Crippen LogP contribution in [0.2, 0.25) is 0 Å². The van der Waals surface area contributed by atoms with Crippen LogP contribution in [0.25, 0.3) is 0 Å². The van der Waals surface area contributed by atoms with Gasteiger partial charge < -0.3 is 10.1 Å². The fourth-order valence-electron chi connectivity index (χ4n) is 1.78. The SMILES string of the molecule is COc1ccc(NC(=O)c2n[nH]c(C(C)C)n2)cc1C. The number of carbonyl (C=O) groups excluding carboxylic acids is 1. The smallest absolute Gasteiger partial charge is 0.295 e. The molecule has 0 aliphatic heterocycles. The Hall–Kier alpha value is -2.37. The molecule has 0 radical (unpaired) electrons. The average molecular weight is 274 g/mol. The molecular formula is C14H18N4O2. The molecule has 0 aliphatic rings. The lowest BCUT2D eigenvalue weighted by atomic mass is 10.2. The van der Waals surface area contributed by atoms with Crippen molar-refractivity contribution in [2.24, 2.45) is 0 Å². The van der Waals surface area contributed by atoms with Crippen molar-refractivity contribution in [1.82, 2.24) is 15.2 Å². The molecule has 1 aromatic heterocycles. The van der Waals surface area contributed by atoms with Crippen LogP contribution >= 0.6 is 0 Å². The predicted octanol–water partition coefficient (Wildman–Crippen LogP) is 2.50. The Kier molecular flexibility index (Phi) is 4.02. The molecule has 106 valence electrons. The number of methoxy groups -OCH3 is 1. The number of benzene rings is 1. The second-order valence-electron chi connectivity index (χ2n) is 4.84. The van der Waals surface area contributed by atoms with Crippen LogP contribution in [-0.2, 0) is 0 Å². The third-order valence-electron chi connectivity index (χ3n) is 2.91. The molecule has 1 aromatic carbocycles. The lowest BCUT2D eigenvalue weighted by Crippen LogP contribution is -2.14. The highest BCUT2D eigenvalue weighted by Crippen LogP contribution is 2.21. The number of hydrogen-bond donors (Lipinski definition) is 2. The summed E-state index contributed by atoms with van der Waals surface area (Å²) in [7, 11) is 1.61. The van der Waals surface area contributed by atoms with E-state index in [1.165, 1.54) is 0 Å². The van der Waals surface area contributed by atoms with Crippen molar-refractivity contribution in [2.45, 2.75) is 26.7 Å². The second kappa shape index (κ2) is 5.73. The molecule has 0 saturated heterocycles. The van der Waals surface area contributed by atoms with Crippen LogP contribution < -0.4 is 10.1 Å². The summed E-state index contributed by atoms with van der Waals surface area (Å²) in [4.78, 5) is 16.2. The maximum absolute atomic E-state index is 12.0. The summed E-state index contributed by atoms with van der Waals surface area (Å²) in [5, 5.41) is 9.44.